The van der Waals surface area contributed by atoms with Crippen molar-refractivity contribution in [2.75, 3.05) is 53.4 Å². The topological polar surface area (TPSA) is 57.2 Å². The van der Waals surface area contributed by atoms with Gasteiger partial charge in [0.25, 0.3) is 0 Å². The number of hydrogen-bond donors (Lipinski definition) is 1. The Hall–Kier alpha value is -0.570. The van der Waals surface area contributed by atoms with Crippen LogP contribution in [0.1, 0.15) is 32.6 Å². The molecule has 0 aromatic rings. The van der Waals surface area contributed by atoms with E-state index in [4.69, 9.17) is 4.74 Å². The van der Waals surface area contributed by atoms with Crippen molar-refractivity contribution in [2.45, 2.75) is 32.6 Å². The number of nitrogens with zero attached hydrogens (tertiary/aromatic N) is 3. The molecule has 0 amide bonds. The summed E-state index contributed by atoms with van der Waals surface area (Å²) in [5.41, 5.74) is 0. The summed E-state index contributed by atoms with van der Waals surface area (Å²) in [5.74, 6) is 1.80. The molecule has 0 aromatic carbocycles. The van der Waals surface area contributed by atoms with Crippen LogP contribution >= 0.6 is 24.0 Å². The average Bonchev–Trinajstić information content (AvgIpc) is 2.60. The largest absolute Gasteiger partial charge is 0.469 e. The van der Waals surface area contributed by atoms with Crippen LogP contribution < -0.4 is 5.32 Å². The highest BCUT2D eigenvalue weighted by atomic mass is 127. The van der Waals surface area contributed by atoms with Crippen LogP contribution in [-0.2, 0) is 9.53 Å². The molecule has 0 aromatic heterocycles. The molecule has 2 aliphatic rings. The Morgan fingerprint density at radius 2 is 1.79 bits per heavy atom. The molecule has 0 radical (unpaired) electrons. The number of halogens is 1. The monoisotopic (exact) mass is 452 g/mol. The van der Waals surface area contributed by atoms with Crippen LogP contribution in [0.4, 0.5) is 0 Å². The fourth-order valence-corrected chi connectivity index (χ4v) is 3.44. The minimum atomic E-state index is -0.0769. The Labute approximate surface area is 163 Å². The molecule has 0 saturated carbocycles. The smallest absolute Gasteiger partial charge is 0.308 e. The second-order valence-corrected chi connectivity index (χ2v) is 6.78. The normalized spacial score (nSPS) is 21.3. The maximum atomic E-state index is 11.6. The zero-order valence-electron chi connectivity index (χ0n) is 15.3. The van der Waals surface area contributed by atoms with Crippen LogP contribution in [-0.4, -0.2) is 75.2 Å². The SMILES string of the molecule is CN=C(NCCN1CCC(C)CC1)N1CCC(C(=O)OC)CC1.I. The molecule has 0 unspecified atom stereocenters. The summed E-state index contributed by atoms with van der Waals surface area (Å²) in [6.45, 7) is 8.50. The van der Waals surface area contributed by atoms with Crippen molar-refractivity contribution < 1.29 is 9.53 Å². The van der Waals surface area contributed by atoms with E-state index in [9.17, 15) is 4.79 Å². The van der Waals surface area contributed by atoms with Gasteiger partial charge in [-0.1, -0.05) is 6.92 Å². The maximum absolute atomic E-state index is 11.6. The quantitative estimate of drug-likeness (QED) is 0.305. The molecule has 2 aliphatic heterocycles. The van der Waals surface area contributed by atoms with Gasteiger partial charge in [-0.05, 0) is 44.7 Å². The highest BCUT2D eigenvalue weighted by molar-refractivity contribution is 14.0. The molecule has 7 heteroatoms. The number of nitrogens with one attached hydrogen (secondary N) is 1. The number of esters is 1. The lowest BCUT2D eigenvalue weighted by Gasteiger charge is -2.34. The minimum Gasteiger partial charge on any atom is -0.469 e. The van der Waals surface area contributed by atoms with Crippen LogP contribution in [0.2, 0.25) is 0 Å². The maximum Gasteiger partial charge on any atom is 0.308 e. The number of rotatable bonds is 4. The summed E-state index contributed by atoms with van der Waals surface area (Å²) in [6.07, 6.45) is 4.32. The number of aliphatic imine (C=N–C) groups is 1. The van der Waals surface area contributed by atoms with Gasteiger partial charge in [-0.25, -0.2) is 0 Å². The van der Waals surface area contributed by atoms with E-state index in [2.05, 4.69) is 27.0 Å². The molecule has 0 aliphatic carbocycles. The Morgan fingerprint density at radius 3 is 2.33 bits per heavy atom. The first kappa shape index (κ1) is 21.5. The van der Waals surface area contributed by atoms with Gasteiger partial charge in [0.1, 0.15) is 0 Å². The van der Waals surface area contributed by atoms with E-state index >= 15 is 0 Å². The molecule has 0 atom stereocenters. The van der Waals surface area contributed by atoms with Gasteiger partial charge in [0.2, 0.25) is 0 Å². The number of likely N-dealkylation sites (tertiary alicyclic amines) is 2. The van der Waals surface area contributed by atoms with Crippen LogP contribution in [0.3, 0.4) is 0 Å². The van der Waals surface area contributed by atoms with Crippen molar-refractivity contribution in [2.24, 2.45) is 16.8 Å². The second-order valence-electron chi connectivity index (χ2n) is 6.78. The molecule has 24 heavy (non-hydrogen) atoms. The predicted octanol–water partition coefficient (Wildman–Crippen LogP) is 1.80. The Morgan fingerprint density at radius 1 is 1.17 bits per heavy atom. The van der Waals surface area contributed by atoms with E-state index in [1.165, 1.54) is 33.0 Å². The molecule has 0 spiro atoms. The number of carbonyl (C=O) groups is 1. The molecule has 6 nitrogen and oxygen atoms in total. The van der Waals surface area contributed by atoms with Gasteiger partial charge in [-0.3, -0.25) is 9.79 Å². The van der Waals surface area contributed by atoms with Crippen LogP contribution in [0.5, 0.6) is 0 Å². The number of carbonyl (C=O) groups excluding carboxylic acids is 1. The number of methoxy groups -OCH3 is 1. The molecule has 2 fully saturated rings. The number of hydrogen-bond acceptors (Lipinski definition) is 4. The van der Waals surface area contributed by atoms with E-state index in [1.54, 1.807) is 0 Å². The van der Waals surface area contributed by atoms with E-state index < -0.39 is 0 Å². The lowest BCUT2D eigenvalue weighted by atomic mass is 9.97. The zero-order valence-corrected chi connectivity index (χ0v) is 17.6. The van der Waals surface area contributed by atoms with Crippen LogP contribution in [0, 0.1) is 11.8 Å². The van der Waals surface area contributed by atoms with Crippen LogP contribution in [0.25, 0.3) is 0 Å². The van der Waals surface area contributed by atoms with Crippen LogP contribution in [0.15, 0.2) is 4.99 Å². The fourth-order valence-electron chi connectivity index (χ4n) is 3.44. The molecule has 2 saturated heterocycles. The molecule has 140 valence electrons. The van der Waals surface area contributed by atoms with Crippen molar-refractivity contribution in [3.8, 4) is 0 Å². The summed E-state index contributed by atoms with van der Waals surface area (Å²) in [7, 11) is 3.30. The van der Waals surface area contributed by atoms with Crippen molar-refractivity contribution in [1.82, 2.24) is 15.1 Å². The van der Waals surface area contributed by atoms with E-state index in [0.29, 0.717) is 0 Å². The third-order valence-electron chi connectivity index (χ3n) is 5.13. The minimum absolute atomic E-state index is 0. The van der Waals surface area contributed by atoms with Gasteiger partial charge < -0.3 is 19.9 Å². The van der Waals surface area contributed by atoms with E-state index in [1.807, 2.05) is 7.05 Å². The summed E-state index contributed by atoms with van der Waals surface area (Å²) >= 11 is 0. The lowest BCUT2D eigenvalue weighted by molar-refractivity contribution is -0.146. The summed E-state index contributed by atoms with van der Waals surface area (Å²) in [6, 6.07) is 0. The van der Waals surface area contributed by atoms with Crippen molar-refractivity contribution in [1.29, 1.82) is 0 Å². The highest BCUT2D eigenvalue weighted by Gasteiger charge is 2.27. The van der Waals surface area contributed by atoms with Gasteiger partial charge in [0, 0.05) is 33.2 Å². The van der Waals surface area contributed by atoms with E-state index in [0.717, 1.165) is 50.9 Å². The molecular weight excluding hydrogens is 419 g/mol. The molecule has 0 bridgehead atoms. The molecule has 2 heterocycles. The summed E-state index contributed by atoms with van der Waals surface area (Å²) < 4.78 is 4.84. The standard InChI is InChI=1S/C17H32N4O2.HI/c1-14-4-9-20(10-5-14)13-8-19-17(18-2)21-11-6-15(7-12-21)16(22)23-3;/h14-15H,4-13H2,1-3H3,(H,18,19);1H. The Bertz CT molecular complexity index is 403. The summed E-state index contributed by atoms with van der Waals surface area (Å²) in [5, 5.41) is 3.47. The van der Waals surface area contributed by atoms with Gasteiger partial charge in [0.05, 0.1) is 13.0 Å². The fraction of sp³-hybridized carbons (Fsp3) is 0.882. The lowest BCUT2D eigenvalue weighted by Crippen LogP contribution is -2.48. The third kappa shape index (κ3) is 6.38. The van der Waals surface area contributed by atoms with Crippen molar-refractivity contribution in [3.63, 3.8) is 0 Å². The van der Waals surface area contributed by atoms with E-state index in [-0.39, 0.29) is 35.9 Å². The average molecular weight is 452 g/mol. The second kappa shape index (κ2) is 11.1. The first-order chi connectivity index (χ1) is 11.1. The van der Waals surface area contributed by atoms with Crippen molar-refractivity contribution in [3.05, 3.63) is 0 Å². The van der Waals surface area contributed by atoms with Crippen molar-refractivity contribution >= 4 is 35.9 Å². The number of ether oxygens (including phenoxy) is 1. The summed E-state index contributed by atoms with van der Waals surface area (Å²) in [4.78, 5) is 20.8. The third-order valence-corrected chi connectivity index (χ3v) is 5.13. The molecule has 2 rings (SSSR count). The molecular formula is C17H33IN4O2. The van der Waals surface area contributed by atoms with Gasteiger partial charge in [-0.2, -0.15) is 0 Å². The highest BCUT2D eigenvalue weighted by Crippen LogP contribution is 2.18. The molecule has 1 N–H and O–H groups in total. The zero-order chi connectivity index (χ0) is 16.7. The number of piperidine rings is 2. The van der Waals surface area contributed by atoms with Gasteiger partial charge in [0.15, 0.2) is 5.96 Å². The predicted molar refractivity (Wildman–Crippen MR) is 108 cm³/mol. The Balaban J connectivity index is 0.00000288. The first-order valence-electron chi connectivity index (χ1n) is 8.89. The Kier molecular flexibility index (Phi) is 9.95. The number of guanidine groups is 1. The van der Waals surface area contributed by atoms with Gasteiger partial charge in [-0.15, -0.1) is 24.0 Å². The first-order valence-corrected chi connectivity index (χ1v) is 8.89. The van der Waals surface area contributed by atoms with Gasteiger partial charge >= 0.3 is 5.97 Å².